The molecular formula is C17H17ClF2N2O5S. The maximum Gasteiger partial charge on any atom is 0.220 e. The van der Waals surface area contributed by atoms with Crippen LogP contribution >= 0.6 is 11.6 Å². The van der Waals surface area contributed by atoms with Crippen LogP contribution in [0.3, 0.4) is 0 Å². The Kier molecular flexibility index (Phi) is 5.74. The van der Waals surface area contributed by atoms with Gasteiger partial charge in [-0.05, 0) is 19.4 Å². The van der Waals surface area contributed by atoms with E-state index in [9.17, 15) is 27.1 Å². The maximum atomic E-state index is 14.7. The number of nitrogens with zero attached hydrogens (tertiary/aromatic N) is 2. The number of benzene rings is 1. The van der Waals surface area contributed by atoms with Gasteiger partial charge in [-0.3, -0.25) is 4.79 Å². The number of aromatic hydroxyl groups is 1. The molecule has 0 bridgehead atoms. The van der Waals surface area contributed by atoms with Crippen LogP contribution in [0.15, 0.2) is 17.2 Å². The van der Waals surface area contributed by atoms with Gasteiger partial charge in [-0.15, -0.1) is 0 Å². The van der Waals surface area contributed by atoms with Crippen LogP contribution in [-0.4, -0.2) is 48.1 Å². The Bertz CT molecular complexity index is 1040. The molecule has 0 aliphatic carbocycles. The monoisotopic (exact) mass is 434 g/mol. The molecule has 2 heterocycles. The zero-order valence-electron chi connectivity index (χ0n) is 14.8. The zero-order chi connectivity index (χ0) is 20.6. The van der Waals surface area contributed by atoms with E-state index < -0.39 is 45.0 Å². The van der Waals surface area contributed by atoms with Crippen molar-refractivity contribution in [3.63, 3.8) is 0 Å². The van der Waals surface area contributed by atoms with Gasteiger partial charge in [0, 0.05) is 17.7 Å². The summed E-state index contributed by atoms with van der Waals surface area (Å²) in [6.45, 7) is 0.846. The highest BCUT2D eigenvalue weighted by molar-refractivity contribution is 7.91. The molecule has 0 fully saturated rings. The van der Waals surface area contributed by atoms with Crippen LogP contribution in [0.1, 0.15) is 40.9 Å². The van der Waals surface area contributed by atoms with Crippen molar-refractivity contribution in [3.8, 4) is 5.88 Å². The molecule has 1 atom stereocenters. The molecule has 1 aromatic carbocycles. The smallest absolute Gasteiger partial charge is 0.220 e. The lowest BCUT2D eigenvalue weighted by Crippen LogP contribution is -2.25. The molecule has 2 aromatic rings. The van der Waals surface area contributed by atoms with Gasteiger partial charge in [-0.2, -0.15) is 5.10 Å². The first-order chi connectivity index (χ1) is 13.2. The molecule has 1 unspecified atom stereocenters. The standard InChI is InChI=1S/C17H17ClF2N2O5S/c1-2-22-17(24)10(8-21-22)15(23)9-7-11(20)16-13(14(9)18)12(27-5-4-19)3-6-28(16,25)26/h7-8,12,24H,2-6H2,1H3. The third-order valence-corrected chi connectivity index (χ3v) is 6.70. The van der Waals surface area contributed by atoms with Crippen LogP contribution in [0.2, 0.25) is 5.02 Å². The molecule has 28 heavy (non-hydrogen) atoms. The number of sulfone groups is 1. The van der Waals surface area contributed by atoms with Crippen LogP contribution in [0.4, 0.5) is 8.78 Å². The zero-order valence-corrected chi connectivity index (χ0v) is 16.4. The summed E-state index contributed by atoms with van der Waals surface area (Å²) in [7, 11) is -3.98. The van der Waals surface area contributed by atoms with Crippen molar-refractivity contribution in [1.29, 1.82) is 0 Å². The highest BCUT2D eigenvalue weighted by Gasteiger charge is 2.38. The lowest BCUT2D eigenvalue weighted by Gasteiger charge is -2.27. The molecule has 0 radical (unpaired) electrons. The van der Waals surface area contributed by atoms with Gasteiger partial charge >= 0.3 is 0 Å². The van der Waals surface area contributed by atoms with Gasteiger partial charge in [0.2, 0.25) is 11.7 Å². The average molecular weight is 435 g/mol. The second kappa shape index (κ2) is 7.76. The molecule has 11 heteroatoms. The number of halogens is 3. The number of aryl methyl sites for hydroxylation is 1. The van der Waals surface area contributed by atoms with E-state index in [1.807, 2.05) is 0 Å². The summed E-state index contributed by atoms with van der Waals surface area (Å²) >= 11 is 6.30. The summed E-state index contributed by atoms with van der Waals surface area (Å²) in [5.74, 6) is -2.78. The first kappa shape index (κ1) is 20.7. The molecule has 7 nitrogen and oxygen atoms in total. The minimum absolute atomic E-state index is 0.0504. The molecule has 0 amide bonds. The third kappa shape index (κ3) is 3.40. The van der Waals surface area contributed by atoms with Crippen molar-refractivity contribution in [3.05, 3.63) is 39.8 Å². The van der Waals surface area contributed by atoms with E-state index in [0.717, 1.165) is 16.9 Å². The fourth-order valence-corrected chi connectivity index (χ4v) is 5.24. The number of hydrogen-bond acceptors (Lipinski definition) is 6. The van der Waals surface area contributed by atoms with Crippen LogP contribution < -0.4 is 0 Å². The summed E-state index contributed by atoms with van der Waals surface area (Å²) in [4.78, 5) is 12.2. The predicted octanol–water partition coefficient (Wildman–Crippen LogP) is 2.84. The van der Waals surface area contributed by atoms with Gasteiger partial charge in [0.25, 0.3) is 0 Å². The van der Waals surface area contributed by atoms with E-state index in [0.29, 0.717) is 6.54 Å². The number of hydrogen-bond donors (Lipinski definition) is 1. The van der Waals surface area contributed by atoms with Gasteiger partial charge in [0.05, 0.1) is 29.7 Å². The summed E-state index contributed by atoms with van der Waals surface area (Å²) in [5.41, 5.74) is -0.745. The topological polar surface area (TPSA) is 98.5 Å². The normalized spacial score (nSPS) is 18.1. The number of carbonyl (C=O) groups is 1. The molecule has 1 N–H and O–H groups in total. The first-order valence-corrected chi connectivity index (χ1v) is 10.5. The Balaban J connectivity index is 2.18. The molecule has 1 aliphatic rings. The van der Waals surface area contributed by atoms with E-state index in [2.05, 4.69) is 5.10 Å². The van der Waals surface area contributed by atoms with Crippen molar-refractivity contribution in [2.45, 2.75) is 30.9 Å². The highest BCUT2D eigenvalue weighted by atomic mass is 35.5. The van der Waals surface area contributed by atoms with E-state index in [4.69, 9.17) is 16.3 Å². The van der Waals surface area contributed by atoms with Gasteiger partial charge < -0.3 is 9.84 Å². The quantitative estimate of drug-likeness (QED) is 0.702. The maximum absolute atomic E-state index is 14.7. The van der Waals surface area contributed by atoms with Crippen LogP contribution in [0.25, 0.3) is 0 Å². The number of fused-ring (bicyclic) bond motifs is 1. The Hall–Kier alpha value is -2.04. The summed E-state index contributed by atoms with van der Waals surface area (Å²) < 4.78 is 58.4. The molecule has 1 aliphatic heterocycles. The number of rotatable bonds is 6. The molecule has 0 saturated carbocycles. The molecule has 1 aromatic heterocycles. The number of alkyl halides is 1. The average Bonchev–Trinajstić information content (AvgIpc) is 3.03. The van der Waals surface area contributed by atoms with Crippen molar-refractivity contribution in [1.82, 2.24) is 9.78 Å². The fraction of sp³-hybridized carbons (Fsp3) is 0.412. The lowest BCUT2D eigenvalue weighted by molar-refractivity contribution is 0.0380. The van der Waals surface area contributed by atoms with Gasteiger partial charge in [0.1, 0.15) is 23.0 Å². The number of carbonyl (C=O) groups excluding carboxylic acids is 1. The molecule has 0 spiro atoms. The Labute approximate surface area is 164 Å². The van der Waals surface area contributed by atoms with Crippen molar-refractivity contribution in [2.24, 2.45) is 0 Å². The van der Waals surface area contributed by atoms with Crippen molar-refractivity contribution < 1.29 is 31.8 Å². The summed E-state index contributed by atoms with van der Waals surface area (Å²) in [6.07, 6.45) is 0.0874. The van der Waals surface area contributed by atoms with E-state index in [1.54, 1.807) is 6.92 Å². The Morgan fingerprint density at radius 2 is 2.18 bits per heavy atom. The number of ketones is 1. The molecule has 152 valence electrons. The van der Waals surface area contributed by atoms with E-state index >= 15 is 0 Å². The van der Waals surface area contributed by atoms with E-state index in [1.165, 1.54) is 0 Å². The van der Waals surface area contributed by atoms with Gasteiger partial charge in [0.15, 0.2) is 9.84 Å². The third-order valence-electron chi connectivity index (χ3n) is 4.48. The minimum Gasteiger partial charge on any atom is -0.493 e. The Morgan fingerprint density at radius 3 is 2.79 bits per heavy atom. The fourth-order valence-electron chi connectivity index (χ4n) is 3.18. The SMILES string of the molecule is CCn1ncc(C(=O)c2cc(F)c3c(c2Cl)C(OCCF)CCS3(=O)=O)c1O. The van der Waals surface area contributed by atoms with Gasteiger partial charge in [-0.25, -0.2) is 21.9 Å². The van der Waals surface area contributed by atoms with E-state index in [-0.39, 0.29) is 40.5 Å². The van der Waals surface area contributed by atoms with Crippen molar-refractivity contribution in [2.75, 3.05) is 19.0 Å². The predicted molar refractivity (Wildman–Crippen MR) is 95.7 cm³/mol. The molecule has 0 saturated heterocycles. The second-order valence-corrected chi connectivity index (χ2v) is 8.57. The molecular weight excluding hydrogens is 418 g/mol. The first-order valence-electron chi connectivity index (χ1n) is 8.44. The van der Waals surface area contributed by atoms with Crippen LogP contribution in [0.5, 0.6) is 5.88 Å². The van der Waals surface area contributed by atoms with Crippen LogP contribution in [0, 0.1) is 5.82 Å². The highest BCUT2D eigenvalue weighted by Crippen LogP contribution is 2.43. The second-order valence-electron chi connectivity index (χ2n) is 6.15. The van der Waals surface area contributed by atoms with Crippen LogP contribution in [-0.2, 0) is 21.1 Å². The largest absolute Gasteiger partial charge is 0.493 e. The van der Waals surface area contributed by atoms with Crippen molar-refractivity contribution >= 4 is 27.2 Å². The van der Waals surface area contributed by atoms with Gasteiger partial charge in [-0.1, -0.05) is 11.6 Å². The minimum atomic E-state index is -3.98. The number of ether oxygens (including phenoxy) is 1. The number of aromatic nitrogens is 2. The Morgan fingerprint density at radius 1 is 1.46 bits per heavy atom. The lowest BCUT2D eigenvalue weighted by atomic mass is 9.98. The molecule has 3 rings (SSSR count). The summed E-state index contributed by atoms with van der Waals surface area (Å²) in [5, 5.41) is 13.6. The summed E-state index contributed by atoms with van der Waals surface area (Å²) in [6, 6.07) is 0.724.